The summed E-state index contributed by atoms with van der Waals surface area (Å²) in [6.07, 6.45) is 1.60. The molecule has 2 heterocycles. The predicted molar refractivity (Wildman–Crippen MR) is 99.3 cm³/mol. The van der Waals surface area contributed by atoms with E-state index in [1.165, 1.54) is 0 Å². The van der Waals surface area contributed by atoms with Crippen molar-refractivity contribution < 1.29 is 9.47 Å². The van der Waals surface area contributed by atoms with Crippen LogP contribution in [0.4, 0.5) is 5.69 Å². The number of nitrogens with zero attached hydrogens (tertiary/aromatic N) is 5. The van der Waals surface area contributed by atoms with E-state index in [0.29, 0.717) is 18.7 Å². The lowest BCUT2D eigenvalue weighted by Crippen LogP contribution is -2.24. The Balaban J connectivity index is 1.54. The van der Waals surface area contributed by atoms with Gasteiger partial charge in [0.2, 0.25) is 0 Å². The van der Waals surface area contributed by atoms with Gasteiger partial charge in [-0.25, -0.2) is 4.68 Å². The number of hydrogen-bond acceptors (Lipinski definition) is 6. The monoisotopic (exact) mass is 361 g/mol. The van der Waals surface area contributed by atoms with E-state index in [1.807, 2.05) is 42.6 Å². The molecule has 1 saturated heterocycles. The van der Waals surface area contributed by atoms with Gasteiger partial charge in [0.25, 0.3) is 0 Å². The molecule has 1 aliphatic heterocycles. The molecule has 27 heavy (non-hydrogen) atoms. The van der Waals surface area contributed by atoms with Crippen molar-refractivity contribution in [2.75, 3.05) is 25.2 Å². The molecule has 0 N–H and O–H groups in total. The number of methoxy groups -OCH3 is 1. The number of para-hydroxylation sites is 2. The average Bonchev–Trinajstić information content (AvgIpc) is 3.37. The van der Waals surface area contributed by atoms with E-state index >= 15 is 0 Å². The van der Waals surface area contributed by atoms with Gasteiger partial charge in [-0.05, 0) is 29.8 Å². The van der Waals surface area contributed by atoms with Gasteiger partial charge in [0.1, 0.15) is 11.4 Å². The van der Waals surface area contributed by atoms with E-state index in [0.717, 1.165) is 29.2 Å². The van der Waals surface area contributed by atoms with Gasteiger partial charge >= 0.3 is 0 Å². The number of ether oxygens (including phenoxy) is 2. The topological polar surface area (TPSA) is 76.2 Å². The van der Waals surface area contributed by atoms with Crippen molar-refractivity contribution >= 4 is 5.69 Å². The second-order valence-electron chi connectivity index (χ2n) is 6.24. The van der Waals surface area contributed by atoms with Crippen LogP contribution in [0.5, 0.6) is 5.75 Å². The van der Waals surface area contributed by atoms with E-state index < -0.39 is 0 Å². The molecule has 1 aliphatic rings. The van der Waals surface area contributed by atoms with Crippen LogP contribution in [-0.4, -0.2) is 35.3 Å². The quantitative estimate of drug-likeness (QED) is 0.695. The van der Waals surface area contributed by atoms with Crippen molar-refractivity contribution in [1.29, 1.82) is 5.26 Å². The fourth-order valence-corrected chi connectivity index (χ4v) is 3.20. The van der Waals surface area contributed by atoms with E-state index in [1.54, 1.807) is 23.9 Å². The Kier molecular flexibility index (Phi) is 4.73. The molecule has 0 bridgehead atoms. The zero-order valence-electron chi connectivity index (χ0n) is 14.9. The van der Waals surface area contributed by atoms with Gasteiger partial charge in [0, 0.05) is 6.54 Å². The van der Waals surface area contributed by atoms with E-state index in [-0.39, 0.29) is 6.23 Å². The van der Waals surface area contributed by atoms with Crippen LogP contribution >= 0.6 is 0 Å². The summed E-state index contributed by atoms with van der Waals surface area (Å²) in [5.74, 6) is 0.804. The summed E-state index contributed by atoms with van der Waals surface area (Å²) in [5, 5.41) is 17.4. The zero-order chi connectivity index (χ0) is 18.6. The lowest BCUT2D eigenvalue weighted by molar-refractivity contribution is 0.110. The number of rotatable bonds is 5. The summed E-state index contributed by atoms with van der Waals surface area (Å²) < 4.78 is 13.2. The van der Waals surface area contributed by atoms with Crippen LogP contribution in [0.25, 0.3) is 0 Å². The van der Waals surface area contributed by atoms with Crippen LogP contribution in [0, 0.1) is 11.3 Å². The second-order valence-corrected chi connectivity index (χ2v) is 6.24. The summed E-state index contributed by atoms with van der Waals surface area (Å²) >= 11 is 0. The summed E-state index contributed by atoms with van der Waals surface area (Å²) in [4.78, 5) is 2.13. The minimum Gasteiger partial charge on any atom is -0.495 e. The molecule has 0 spiro atoms. The van der Waals surface area contributed by atoms with Crippen molar-refractivity contribution in [3.05, 3.63) is 71.5 Å². The van der Waals surface area contributed by atoms with Crippen molar-refractivity contribution in [2.24, 2.45) is 0 Å². The molecule has 2 aromatic carbocycles. The summed E-state index contributed by atoms with van der Waals surface area (Å²) in [5.41, 5.74) is 3.43. The molecular formula is C20H19N5O2. The van der Waals surface area contributed by atoms with E-state index in [2.05, 4.69) is 21.3 Å². The molecule has 0 aliphatic carbocycles. The smallest absolute Gasteiger partial charge is 0.177 e. The molecular weight excluding hydrogens is 342 g/mol. The molecule has 1 atom stereocenters. The minimum atomic E-state index is -0.295. The number of anilines is 1. The van der Waals surface area contributed by atoms with Crippen LogP contribution in [0.1, 0.15) is 23.0 Å². The van der Waals surface area contributed by atoms with Crippen LogP contribution in [0.2, 0.25) is 0 Å². The predicted octanol–water partition coefficient (Wildman–Crippen LogP) is 2.74. The molecule has 0 saturated carbocycles. The van der Waals surface area contributed by atoms with E-state index in [9.17, 15) is 0 Å². The SMILES string of the molecule is COc1ccccc1N1CCO[C@@H]1c1cn(Cc2ccc(C#N)cc2)nn1. The number of aromatic nitrogens is 3. The Morgan fingerprint density at radius 3 is 2.81 bits per heavy atom. The fraction of sp³-hybridized carbons (Fsp3) is 0.250. The molecule has 0 unspecified atom stereocenters. The average molecular weight is 361 g/mol. The van der Waals surface area contributed by atoms with Crippen molar-refractivity contribution in [3.8, 4) is 11.8 Å². The molecule has 1 fully saturated rings. The van der Waals surface area contributed by atoms with Crippen LogP contribution in [-0.2, 0) is 11.3 Å². The second kappa shape index (κ2) is 7.48. The summed E-state index contributed by atoms with van der Waals surface area (Å²) in [6.45, 7) is 1.96. The van der Waals surface area contributed by atoms with E-state index in [4.69, 9.17) is 14.7 Å². The van der Waals surface area contributed by atoms with Crippen LogP contribution < -0.4 is 9.64 Å². The highest BCUT2D eigenvalue weighted by molar-refractivity contribution is 5.59. The first-order valence-corrected chi connectivity index (χ1v) is 8.69. The Labute approximate surface area is 157 Å². The van der Waals surface area contributed by atoms with Crippen molar-refractivity contribution in [3.63, 3.8) is 0 Å². The highest BCUT2D eigenvalue weighted by atomic mass is 16.5. The first-order valence-electron chi connectivity index (χ1n) is 8.69. The maximum absolute atomic E-state index is 8.89. The molecule has 1 aromatic heterocycles. The third-order valence-corrected chi connectivity index (χ3v) is 4.52. The van der Waals surface area contributed by atoms with Crippen molar-refractivity contribution in [2.45, 2.75) is 12.8 Å². The summed E-state index contributed by atoms with van der Waals surface area (Å²) in [7, 11) is 1.67. The Bertz CT molecular complexity index is 961. The maximum Gasteiger partial charge on any atom is 0.177 e. The van der Waals surface area contributed by atoms with Gasteiger partial charge in [-0.3, -0.25) is 0 Å². The highest BCUT2D eigenvalue weighted by Crippen LogP contribution is 2.36. The number of nitriles is 1. The largest absolute Gasteiger partial charge is 0.495 e. The van der Waals surface area contributed by atoms with Gasteiger partial charge < -0.3 is 14.4 Å². The van der Waals surface area contributed by atoms with Crippen LogP contribution in [0.15, 0.2) is 54.7 Å². The fourth-order valence-electron chi connectivity index (χ4n) is 3.20. The molecule has 7 nitrogen and oxygen atoms in total. The Hall–Kier alpha value is -3.37. The third-order valence-electron chi connectivity index (χ3n) is 4.52. The normalized spacial score (nSPS) is 16.3. The van der Waals surface area contributed by atoms with Gasteiger partial charge in [-0.1, -0.05) is 29.5 Å². The molecule has 3 aromatic rings. The van der Waals surface area contributed by atoms with Crippen LogP contribution in [0.3, 0.4) is 0 Å². The first kappa shape index (κ1) is 17.1. The first-order chi connectivity index (χ1) is 13.3. The Morgan fingerprint density at radius 2 is 2.04 bits per heavy atom. The molecule has 4 rings (SSSR count). The van der Waals surface area contributed by atoms with Crippen molar-refractivity contribution in [1.82, 2.24) is 15.0 Å². The van der Waals surface area contributed by atoms with Gasteiger partial charge in [0.05, 0.1) is 43.8 Å². The van der Waals surface area contributed by atoms with Gasteiger partial charge in [0.15, 0.2) is 6.23 Å². The lowest BCUT2D eigenvalue weighted by atomic mass is 10.1. The van der Waals surface area contributed by atoms with Gasteiger partial charge in [-0.15, -0.1) is 5.10 Å². The number of benzene rings is 2. The van der Waals surface area contributed by atoms with Gasteiger partial charge in [-0.2, -0.15) is 5.26 Å². The molecule has 136 valence electrons. The zero-order valence-corrected chi connectivity index (χ0v) is 14.9. The standard InChI is InChI=1S/C20H19N5O2/c1-26-19-5-3-2-4-18(19)25-10-11-27-20(25)17-14-24(23-22-17)13-16-8-6-15(12-21)7-9-16/h2-9,14,20H,10-11,13H2,1H3/t20-/m1/s1. The summed E-state index contributed by atoms with van der Waals surface area (Å²) in [6, 6.07) is 17.5. The maximum atomic E-state index is 8.89. The Morgan fingerprint density at radius 1 is 1.22 bits per heavy atom. The molecule has 7 heteroatoms. The third kappa shape index (κ3) is 3.48. The highest BCUT2D eigenvalue weighted by Gasteiger charge is 2.31. The molecule has 0 amide bonds. The molecule has 0 radical (unpaired) electrons. The lowest BCUT2D eigenvalue weighted by Gasteiger charge is -2.25. The minimum absolute atomic E-state index is 0.295. The number of hydrogen-bond donors (Lipinski definition) is 0.